The van der Waals surface area contributed by atoms with E-state index in [0.717, 1.165) is 4.90 Å². The highest BCUT2D eigenvalue weighted by atomic mass is 19.4. The molecule has 8 heteroatoms. The van der Waals surface area contributed by atoms with Gasteiger partial charge in [-0.2, -0.15) is 13.2 Å². The summed E-state index contributed by atoms with van der Waals surface area (Å²) in [6.07, 6.45) is -4.29. The first kappa shape index (κ1) is 17.0. The molecule has 0 aromatic heterocycles. The van der Waals surface area contributed by atoms with Gasteiger partial charge in [0.15, 0.2) is 6.04 Å². The lowest BCUT2D eigenvalue weighted by atomic mass is 10.0. The first-order chi connectivity index (χ1) is 10.8. The Balaban J connectivity index is 2.35. The Kier molecular flexibility index (Phi) is 5.05. The molecule has 0 saturated carbocycles. The van der Waals surface area contributed by atoms with Crippen LogP contribution < -0.4 is 0 Å². The Morgan fingerprint density at radius 1 is 1.26 bits per heavy atom. The fraction of sp³-hybridized carbons (Fsp3) is 0.333. The van der Waals surface area contributed by atoms with Gasteiger partial charge in [0, 0.05) is 12.6 Å². The van der Waals surface area contributed by atoms with Gasteiger partial charge in [0.25, 0.3) is 0 Å². The van der Waals surface area contributed by atoms with Crippen LogP contribution in [0.3, 0.4) is 0 Å². The first-order valence-electron chi connectivity index (χ1n) is 6.76. The zero-order valence-corrected chi connectivity index (χ0v) is 11.9. The van der Waals surface area contributed by atoms with Crippen LogP contribution in [0.1, 0.15) is 5.56 Å². The van der Waals surface area contributed by atoms with E-state index >= 15 is 0 Å². The lowest BCUT2D eigenvalue weighted by Crippen LogP contribution is -2.52. The molecule has 23 heavy (non-hydrogen) atoms. The summed E-state index contributed by atoms with van der Waals surface area (Å²) in [5, 5.41) is 9.05. The van der Waals surface area contributed by atoms with Gasteiger partial charge in [0.2, 0.25) is 5.91 Å². The monoisotopic (exact) mass is 329 g/mol. The normalized spacial score (nSPS) is 19.5. The topological polar surface area (TPSA) is 66.8 Å². The number of nitrogens with zero attached hydrogens (tertiary/aromatic N) is 1. The van der Waals surface area contributed by atoms with Crippen LogP contribution >= 0.6 is 0 Å². The zero-order valence-electron chi connectivity index (χ0n) is 11.9. The Bertz CT molecular complexity index is 613. The molecule has 1 aliphatic heterocycles. The number of carbonyl (C=O) groups is 2. The van der Waals surface area contributed by atoms with E-state index in [2.05, 4.69) is 0 Å². The van der Waals surface area contributed by atoms with E-state index in [9.17, 15) is 22.8 Å². The second kappa shape index (κ2) is 6.82. The van der Waals surface area contributed by atoms with Gasteiger partial charge in [-0.1, -0.05) is 30.3 Å². The number of ether oxygens (including phenoxy) is 1. The van der Waals surface area contributed by atoms with Crippen molar-refractivity contribution in [3.05, 3.63) is 42.0 Å². The predicted molar refractivity (Wildman–Crippen MR) is 74.4 cm³/mol. The number of carboxylic acids is 1. The molecule has 1 saturated heterocycles. The molecule has 1 fully saturated rings. The van der Waals surface area contributed by atoms with Crippen molar-refractivity contribution < 1.29 is 32.6 Å². The molecule has 0 spiro atoms. The maximum Gasteiger partial charge on any atom is 0.417 e. The summed E-state index contributed by atoms with van der Waals surface area (Å²) in [6, 6.07) is 5.59. The molecule has 1 aromatic carbocycles. The number of rotatable bonds is 3. The van der Waals surface area contributed by atoms with Crippen LogP contribution in [0, 0.1) is 0 Å². The Morgan fingerprint density at radius 3 is 2.48 bits per heavy atom. The highest BCUT2D eigenvalue weighted by molar-refractivity contribution is 5.98. The molecule has 0 radical (unpaired) electrons. The van der Waals surface area contributed by atoms with E-state index in [1.807, 2.05) is 0 Å². The van der Waals surface area contributed by atoms with Gasteiger partial charge in [0.1, 0.15) is 0 Å². The molecular weight excluding hydrogens is 315 g/mol. The minimum Gasteiger partial charge on any atom is -0.480 e. The van der Waals surface area contributed by atoms with E-state index in [1.165, 1.54) is 24.3 Å². The van der Waals surface area contributed by atoms with Crippen LogP contribution in [-0.4, -0.2) is 53.9 Å². The Labute approximate surface area is 130 Å². The average Bonchev–Trinajstić information content (AvgIpc) is 2.52. The summed E-state index contributed by atoms with van der Waals surface area (Å²) in [7, 11) is 0. The number of hydrogen-bond acceptors (Lipinski definition) is 3. The number of alkyl halides is 3. The van der Waals surface area contributed by atoms with E-state index in [-0.39, 0.29) is 25.3 Å². The zero-order chi connectivity index (χ0) is 17.0. The largest absolute Gasteiger partial charge is 0.480 e. The van der Waals surface area contributed by atoms with Gasteiger partial charge in [-0.25, -0.2) is 4.79 Å². The molecule has 0 bridgehead atoms. The summed E-state index contributed by atoms with van der Waals surface area (Å²) in [5.41, 5.74) is -1.27. The van der Waals surface area contributed by atoms with Crippen molar-refractivity contribution in [2.75, 3.05) is 19.8 Å². The van der Waals surface area contributed by atoms with E-state index < -0.39 is 29.7 Å². The third-order valence-electron chi connectivity index (χ3n) is 3.35. The van der Waals surface area contributed by atoms with E-state index in [4.69, 9.17) is 9.84 Å². The SMILES string of the molecule is O=C(O)C1COCCN1C(=O)C=C(c1ccccc1)C(F)(F)F. The molecule has 0 aliphatic carbocycles. The smallest absolute Gasteiger partial charge is 0.417 e. The number of allylic oxidation sites excluding steroid dienone is 1. The second-order valence-corrected chi connectivity index (χ2v) is 4.88. The van der Waals surface area contributed by atoms with Gasteiger partial charge >= 0.3 is 12.1 Å². The summed E-state index contributed by atoms with van der Waals surface area (Å²) < 4.78 is 44.6. The van der Waals surface area contributed by atoms with Crippen LogP contribution in [0.25, 0.3) is 5.57 Å². The number of hydrogen-bond donors (Lipinski definition) is 1. The van der Waals surface area contributed by atoms with E-state index in [1.54, 1.807) is 6.07 Å². The van der Waals surface area contributed by atoms with Gasteiger partial charge in [-0.05, 0) is 5.56 Å². The van der Waals surface area contributed by atoms with Crippen LogP contribution in [0.5, 0.6) is 0 Å². The highest BCUT2D eigenvalue weighted by Gasteiger charge is 2.37. The third-order valence-corrected chi connectivity index (χ3v) is 3.35. The van der Waals surface area contributed by atoms with E-state index in [0.29, 0.717) is 6.08 Å². The maximum atomic E-state index is 13.2. The molecule has 2 rings (SSSR count). The van der Waals surface area contributed by atoms with Crippen molar-refractivity contribution in [1.82, 2.24) is 4.90 Å². The average molecular weight is 329 g/mol. The van der Waals surface area contributed by atoms with Crippen molar-refractivity contribution >= 4 is 17.4 Å². The molecular formula is C15H14F3NO4. The van der Waals surface area contributed by atoms with Crippen molar-refractivity contribution in [3.63, 3.8) is 0 Å². The molecule has 1 N–H and O–H groups in total. The van der Waals surface area contributed by atoms with Crippen LogP contribution in [-0.2, 0) is 14.3 Å². The number of aliphatic carboxylic acids is 1. The van der Waals surface area contributed by atoms with Crippen LogP contribution in [0.4, 0.5) is 13.2 Å². The van der Waals surface area contributed by atoms with Gasteiger partial charge in [-0.15, -0.1) is 0 Å². The van der Waals surface area contributed by atoms with Gasteiger partial charge < -0.3 is 14.7 Å². The number of amides is 1. The lowest BCUT2D eigenvalue weighted by Gasteiger charge is -2.32. The molecule has 124 valence electrons. The minimum atomic E-state index is -4.73. The molecule has 1 heterocycles. The molecule has 1 unspecified atom stereocenters. The maximum absolute atomic E-state index is 13.2. The Morgan fingerprint density at radius 2 is 1.91 bits per heavy atom. The molecule has 1 aromatic rings. The minimum absolute atomic E-state index is 0.0772. The second-order valence-electron chi connectivity index (χ2n) is 4.88. The fourth-order valence-corrected chi connectivity index (χ4v) is 2.22. The first-order valence-corrected chi connectivity index (χ1v) is 6.76. The molecule has 1 atom stereocenters. The van der Waals surface area contributed by atoms with Crippen molar-refractivity contribution in [2.24, 2.45) is 0 Å². The number of benzene rings is 1. The lowest BCUT2D eigenvalue weighted by molar-refractivity contribution is -0.156. The van der Waals surface area contributed by atoms with Crippen LogP contribution in [0.2, 0.25) is 0 Å². The molecule has 1 amide bonds. The van der Waals surface area contributed by atoms with Gasteiger partial charge in [0.05, 0.1) is 18.8 Å². The number of carbonyl (C=O) groups excluding carboxylic acids is 1. The number of halogens is 3. The quantitative estimate of drug-likeness (QED) is 0.861. The molecule has 1 aliphatic rings. The van der Waals surface area contributed by atoms with Crippen molar-refractivity contribution in [3.8, 4) is 0 Å². The fourth-order valence-electron chi connectivity index (χ4n) is 2.22. The van der Waals surface area contributed by atoms with Crippen LogP contribution in [0.15, 0.2) is 36.4 Å². The third kappa shape index (κ3) is 4.10. The number of carboxylic acid groups (broad SMARTS) is 1. The number of morpholine rings is 1. The molecule has 5 nitrogen and oxygen atoms in total. The van der Waals surface area contributed by atoms with Crippen molar-refractivity contribution in [1.29, 1.82) is 0 Å². The Hall–Kier alpha value is -2.35. The summed E-state index contributed by atoms with van der Waals surface area (Å²) in [5.74, 6) is -2.32. The highest BCUT2D eigenvalue weighted by Crippen LogP contribution is 2.34. The summed E-state index contributed by atoms with van der Waals surface area (Å²) >= 11 is 0. The summed E-state index contributed by atoms with van der Waals surface area (Å²) in [6.45, 7) is -0.246. The van der Waals surface area contributed by atoms with Crippen molar-refractivity contribution in [2.45, 2.75) is 12.2 Å². The predicted octanol–water partition coefficient (Wildman–Crippen LogP) is 1.94. The van der Waals surface area contributed by atoms with Gasteiger partial charge in [-0.3, -0.25) is 4.79 Å². The summed E-state index contributed by atoms with van der Waals surface area (Å²) in [4.78, 5) is 24.2. The standard InChI is InChI=1S/C15H14F3NO4/c16-15(17,18)11(10-4-2-1-3-5-10)8-13(20)19-6-7-23-9-12(19)14(21)22/h1-5,8,12H,6-7,9H2,(H,21,22).